The van der Waals surface area contributed by atoms with Crippen LogP contribution in [0.5, 0.6) is 0 Å². The number of aryl methyl sites for hydroxylation is 1. The Morgan fingerprint density at radius 1 is 1.36 bits per heavy atom. The second-order valence-corrected chi connectivity index (χ2v) is 3.04. The summed E-state index contributed by atoms with van der Waals surface area (Å²) in [5.74, 6) is 1.37. The Balaban J connectivity index is 2.23. The average Bonchev–Trinajstić information content (AvgIpc) is 2.52. The number of aromatic nitrogens is 4. The Kier molecular flexibility index (Phi) is 2.14. The van der Waals surface area contributed by atoms with E-state index in [0.717, 1.165) is 5.56 Å². The highest BCUT2D eigenvalue weighted by Crippen LogP contribution is 2.09. The van der Waals surface area contributed by atoms with Gasteiger partial charge in [-0.2, -0.15) is 5.10 Å². The van der Waals surface area contributed by atoms with E-state index in [2.05, 4.69) is 15.1 Å². The molecule has 0 radical (unpaired) electrons. The van der Waals surface area contributed by atoms with Gasteiger partial charge in [0.05, 0.1) is 6.20 Å². The summed E-state index contributed by atoms with van der Waals surface area (Å²) in [6, 6.07) is 1.78. The van der Waals surface area contributed by atoms with Gasteiger partial charge in [0.2, 0.25) is 0 Å². The first-order valence-corrected chi connectivity index (χ1v) is 4.31. The van der Waals surface area contributed by atoms with Gasteiger partial charge in [0.15, 0.2) is 0 Å². The van der Waals surface area contributed by atoms with Crippen LogP contribution in [0.1, 0.15) is 11.4 Å². The van der Waals surface area contributed by atoms with Crippen LogP contribution in [0.2, 0.25) is 0 Å². The Hall–Kier alpha value is -1.91. The molecule has 0 saturated heterocycles. The maximum Gasteiger partial charge on any atom is 0.149 e. The van der Waals surface area contributed by atoms with E-state index in [1.165, 1.54) is 0 Å². The van der Waals surface area contributed by atoms with Crippen LogP contribution >= 0.6 is 0 Å². The molecule has 0 aliphatic rings. The second-order valence-electron chi connectivity index (χ2n) is 3.04. The minimum atomic E-state index is 0.514. The molecule has 0 aromatic carbocycles. The molecule has 0 aliphatic heterocycles. The van der Waals surface area contributed by atoms with Crippen LogP contribution in [0.4, 0.5) is 5.82 Å². The molecule has 14 heavy (non-hydrogen) atoms. The first kappa shape index (κ1) is 8.68. The monoisotopic (exact) mass is 189 g/mol. The summed E-state index contributed by atoms with van der Waals surface area (Å²) in [5.41, 5.74) is 6.77. The molecule has 0 atom stereocenters. The SMILES string of the molecule is Cc1cnn(Cc2ncccn2)c1N. The summed E-state index contributed by atoms with van der Waals surface area (Å²) < 4.78 is 1.69. The fraction of sp³-hybridized carbons (Fsp3) is 0.222. The zero-order valence-electron chi connectivity index (χ0n) is 7.88. The molecule has 0 unspecified atom stereocenters. The maximum absolute atomic E-state index is 5.80. The molecule has 2 aromatic rings. The highest BCUT2D eigenvalue weighted by atomic mass is 15.3. The first-order valence-electron chi connectivity index (χ1n) is 4.31. The molecule has 5 nitrogen and oxygen atoms in total. The molecule has 0 amide bonds. The van der Waals surface area contributed by atoms with Crippen molar-refractivity contribution in [2.75, 3.05) is 5.73 Å². The van der Waals surface area contributed by atoms with Gasteiger partial charge in [-0.25, -0.2) is 14.6 Å². The minimum absolute atomic E-state index is 0.514. The van der Waals surface area contributed by atoms with Crippen molar-refractivity contribution in [3.63, 3.8) is 0 Å². The molecule has 72 valence electrons. The predicted octanol–water partition coefficient (Wildman–Crippen LogP) is 0.612. The van der Waals surface area contributed by atoms with Crippen LogP contribution in [0.25, 0.3) is 0 Å². The molecular formula is C9H11N5. The van der Waals surface area contributed by atoms with Gasteiger partial charge < -0.3 is 5.73 Å². The van der Waals surface area contributed by atoms with E-state index in [9.17, 15) is 0 Å². The third-order valence-corrected chi connectivity index (χ3v) is 1.98. The summed E-state index contributed by atoms with van der Waals surface area (Å²) in [5, 5.41) is 4.12. The van der Waals surface area contributed by atoms with E-state index in [4.69, 9.17) is 5.73 Å². The smallest absolute Gasteiger partial charge is 0.149 e. The zero-order valence-corrected chi connectivity index (χ0v) is 7.88. The second kappa shape index (κ2) is 3.45. The third-order valence-electron chi connectivity index (χ3n) is 1.98. The Bertz CT molecular complexity index is 420. The van der Waals surface area contributed by atoms with Crippen LogP contribution in [-0.2, 0) is 6.54 Å². The molecule has 0 aliphatic carbocycles. The van der Waals surface area contributed by atoms with E-state index in [-0.39, 0.29) is 0 Å². The van der Waals surface area contributed by atoms with Gasteiger partial charge in [0.1, 0.15) is 18.2 Å². The first-order chi connectivity index (χ1) is 6.77. The molecule has 2 N–H and O–H groups in total. The summed E-state index contributed by atoms with van der Waals surface area (Å²) in [6.45, 7) is 2.44. The van der Waals surface area contributed by atoms with Crippen molar-refractivity contribution in [1.29, 1.82) is 0 Å². The average molecular weight is 189 g/mol. The Labute approximate surface area is 81.6 Å². The van der Waals surface area contributed by atoms with Crippen LogP contribution in [0.15, 0.2) is 24.7 Å². The molecule has 2 heterocycles. The maximum atomic E-state index is 5.80. The summed E-state index contributed by atoms with van der Waals surface area (Å²) >= 11 is 0. The fourth-order valence-corrected chi connectivity index (χ4v) is 1.16. The van der Waals surface area contributed by atoms with Crippen molar-refractivity contribution in [2.24, 2.45) is 0 Å². The van der Waals surface area contributed by atoms with Crippen LogP contribution in [0.3, 0.4) is 0 Å². The normalized spacial score (nSPS) is 10.4. The van der Waals surface area contributed by atoms with E-state index in [1.807, 2.05) is 6.92 Å². The van der Waals surface area contributed by atoms with Crippen LogP contribution in [-0.4, -0.2) is 19.7 Å². The Morgan fingerprint density at radius 2 is 2.07 bits per heavy atom. The summed E-state index contributed by atoms with van der Waals surface area (Å²) in [6.07, 6.45) is 5.14. The van der Waals surface area contributed by atoms with Crippen molar-refractivity contribution in [3.05, 3.63) is 36.0 Å². The van der Waals surface area contributed by atoms with Gasteiger partial charge in [0.25, 0.3) is 0 Å². The van der Waals surface area contributed by atoms with Crippen molar-refractivity contribution >= 4 is 5.82 Å². The van der Waals surface area contributed by atoms with E-state index >= 15 is 0 Å². The number of hydrogen-bond donors (Lipinski definition) is 1. The zero-order chi connectivity index (χ0) is 9.97. The van der Waals surface area contributed by atoms with E-state index < -0.39 is 0 Å². The van der Waals surface area contributed by atoms with Crippen molar-refractivity contribution in [2.45, 2.75) is 13.5 Å². The lowest BCUT2D eigenvalue weighted by molar-refractivity contribution is 0.664. The molecule has 5 heteroatoms. The number of nitrogens with zero attached hydrogens (tertiary/aromatic N) is 4. The molecule has 0 fully saturated rings. The van der Waals surface area contributed by atoms with E-state index in [1.54, 1.807) is 29.3 Å². The molecular weight excluding hydrogens is 178 g/mol. The van der Waals surface area contributed by atoms with E-state index in [0.29, 0.717) is 18.2 Å². The number of rotatable bonds is 2. The van der Waals surface area contributed by atoms with Crippen molar-refractivity contribution in [3.8, 4) is 0 Å². The van der Waals surface area contributed by atoms with Crippen molar-refractivity contribution in [1.82, 2.24) is 19.7 Å². The fourth-order valence-electron chi connectivity index (χ4n) is 1.16. The number of hydrogen-bond acceptors (Lipinski definition) is 4. The molecule has 2 aromatic heterocycles. The van der Waals surface area contributed by atoms with Gasteiger partial charge in [-0.15, -0.1) is 0 Å². The molecule has 0 bridgehead atoms. The molecule has 2 rings (SSSR count). The predicted molar refractivity (Wildman–Crippen MR) is 52.5 cm³/mol. The summed E-state index contributed by atoms with van der Waals surface area (Å²) in [7, 11) is 0. The molecule has 0 saturated carbocycles. The van der Waals surface area contributed by atoms with Crippen molar-refractivity contribution < 1.29 is 0 Å². The number of anilines is 1. The third kappa shape index (κ3) is 1.56. The van der Waals surface area contributed by atoms with Crippen LogP contribution in [0, 0.1) is 6.92 Å². The van der Waals surface area contributed by atoms with Gasteiger partial charge in [0, 0.05) is 18.0 Å². The van der Waals surface area contributed by atoms with Crippen LogP contribution < -0.4 is 5.73 Å². The quantitative estimate of drug-likeness (QED) is 0.751. The lowest BCUT2D eigenvalue weighted by Crippen LogP contribution is -2.08. The lowest BCUT2D eigenvalue weighted by atomic mass is 10.4. The topological polar surface area (TPSA) is 69.6 Å². The highest BCUT2D eigenvalue weighted by molar-refractivity contribution is 5.37. The summed E-state index contributed by atoms with van der Waals surface area (Å²) in [4.78, 5) is 8.19. The number of nitrogen functional groups attached to an aromatic ring is 1. The van der Waals surface area contributed by atoms with Gasteiger partial charge in [-0.1, -0.05) is 0 Å². The lowest BCUT2D eigenvalue weighted by Gasteiger charge is -2.02. The Morgan fingerprint density at radius 3 is 2.64 bits per heavy atom. The van der Waals surface area contributed by atoms with Gasteiger partial charge in [-0.05, 0) is 13.0 Å². The standard InChI is InChI=1S/C9H11N5/c1-7-5-13-14(9(7)10)6-8-11-3-2-4-12-8/h2-5H,6,10H2,1H3. The van der Waals surface area contributed by atoms with Gasteiger partial charge in [-0.3, -0.25) is 0 Å². The highest BCUT2D eigenvalue weighted by Gasteiger charge is 2.04. The van der Waals surface area contributed by atoms with Gasteiger partial charge >= 0.3 is 0 Å². The number of nitrogens with two attached hydrogens (primary N) is 1. The molecule has 0 spiro atoms. The largest absolute Gasteiger partial charge is 0.384 e. The minimum Gasteiger partial charge on any atom is -0.384 e.